The first-order chi connectivity index (χ1) is 17.1. The molecule has 190 valence electrons. The van der Waals surface area contributed by atoms with Crippen LogP contribution >= 0.6 is 11.6 Å². The smallest absolute Gasteiger partial charge is 0.264 e. The molecule has 3 rings (SSSR count). The van der Waals surface area contributed by atoms with Crippen molar-refractivity contribution in [3.63, 3.8) is 0 Å². The number of likely N-dealkylation sites (N-methyl/N-ethyl adjacent to an activating group) is 1. The maximum Gasteiger partial charge on any atom is 0.264 e. The molecule has 3 aromatic carbocycles. The van der Waals surface area contributed by atoms with E-state index in [-0.39, 0.29) is 17.3 Å². The predicted molar refractivity (Wildman–Crippen MR) is 142 cm³/mol. The predicted octanol–water partition coefficient (Wildman–Crippen LogP) is 4.32. The largest absolute Gasteiger partial charge is 0.357 e. The third-order valence-electron chi connectivity index (χ3n) is 6.01. The summed E-state index contributed by atoms with van der Waals surface area (Å²) in [5.41, 5.74) is 2.70. The molecule has 0 saturated carbocycles. The number of anilines is 1. The zero-order valence-electron chi connectivity index (χ0n) is 20.7. The minimum atomic E-state index is -4.13. The number of amides is 2. The van der Waals surface area contributed by atoms with E-state index in [1.54, 1.807) is 50.2 Å². The quantitative estimate of drug-likeness (QED) is 0.449. The Labute approximate surface area is 217 Å². The molecule has 0 aromatic heterocycles. The summed E-state index contributed by atoms with van der Waals surface area (Å²) in [6.07, 6.45) is 0. The van der Waals surface area contributed by atoms with Gasteiger partial charge in [0.1, 0.15) is 12.6 Å². The van der Waals surface area contributed by atoms with E-state index >= 15 is 0 Å². The molecule has 2 amide bonds. The van der Waals surface area contributed by atoms with Crippen LogP contribution in [-0.4, -0.2) is 44.8 Å². The van der Waals surface area contributed by atoms with Crippen molar-refractivity contribution in [3.05, 3.63) is 94.5 Å². The summed E-state index contributed by atoms with van der Waals surface area (Å²) in [4.78, 5) is 27.7. The van der Waals surface area contributed by atoms with Crippen LogP contribution < -0.4 is 9.62 Å². The van der Waals surface area contributed by atoms with Crippen molar-refractivity contribution in [3.8, 4) is 0 Å². The highest BCUT2D eigenvalue weighted by Gasteiger charge is 2.33. The van der Waals surface area contributed by atoms with E-state index in [1.807, 2.05) is 31.2 Å². The number of hydrogen-bond donors (Lipinski definition) is 1. The van der Waals surface area contributed by atoms with E-state index in [9.17, 15) is 18.0 Å². The molecule has 0 aliphatic carbocycles. The molecule has 0 radical (unpaired) electrons. The molecule has 0 spiro atoms. The third kappa shape index (κ3) is 6.06. The number of carbonyl (C=O) groups excluding carboxylic acids is 2. The zero-order chi connectivity index (χ0) is 26.5. The summed E-state index contributed by atoms with van der Waals surface area (Å²) in [6, 6.07) is 19.6. The number of benzene rings is 3. The zero-order valence-corrected chi connectivity index (χ0v) is 22.3. The first-order valence-corrected chi connectivity index (χ1v) is 13.3. The number of nitrogens with one attached hydrogen (secondary N) is 1. The van der Waals surface area contributed by atoms with Gasteiger partial charge in [0, 0.05) is 18.6 Å². The van der Waals surface area contributed by atoms with Crippen LogP contribution in [0, 0.1) is 13.8 Å². The SMILES string of the molecule is CNC(=O)[C@@H](C)N(Cc1ccc(C)cc1)C(=O)CN(c1cccc(Cl)c1C)S(=O)(=O)c1ccccc1. The molecule has 0 unspecified atom stereocenters. The lowest BCUT2D eigenvalue weighted by Crippen LogP contribution is -2.50. The van der Waals surface area contributed by atoms with Crippen molar-refractivity contribution >= 4 is 39.1 Å². The van der Waals surface area contributed by atoms with E-state index < -0.39 is 28.5 Å². The van der Waals surface area contributed by atoms with Crippen molar-refractivity contribution in [2.45, 2.75) is 38.3 Å². The minimum absolute atomic E-state index is 0.0432. The van der Waals surface area contributed by atoms with Gasteiger partial charge in [-0.3, -0.25) is 13.9 Å². The van der Waals surface area contributed by atoms with Gasteiger partial charge in [0.2, 0.25) is 11.8 Å². The number of carbonyl (C=O) groups is 2. The molecule has 0 aliphatic rings. The van der Waals surface area contributed by atoms with E-state index in [0.717, 1.165) is 15.4 Å². The van der Waals surface area contributed by atoms with Crippen molar-refractivity contribution in [2.24, 2.45) is 0 Å². The minimum Gasteiger partial charge on any atom is -0.357 e. The first kappa shape index (κ1) is 27.2. The van der Waals surface area contributed by atoms with Crippen LogP contribution in [-0.2, 0) is 26.2 Å². The number of halogens is 1. The summed E-state index contributed by atoms with van der Waals surface area (Å²) in [7, 11) is -2.63. The summed E-state index contributed by atoms with van der Waals surface area (Å²) < 4.78 is 28.5. The molecule has 0 fully saturated rings. The maximum atomic E-state index is 13.7. The fourth-order valence-electron chi connectivity index (χ4n) is 3.78. The van der Waals surface area contributed by atoms with Crippen LogP contribution in [0.1, 0.15) is 23.6 Å². The average Bonchev–Trinajstić information content (AvgIpc) is 2.88. The molecule has 0 saturated heterocycles. The molecule has 0 aliphatic heterocycles. The Morgan fingerprint density at radius 3 is 2.19 bits per heavy atom. The van der Waals surface area contributed by atoms with Crippen molar-refractivity contribution in [1.82, 2.24) is 10.2 Å². The van der Waals surface area contributed by atoms with Crippen LogP contribution in [0.4, 0.5) is 5.69 Å². The van der Waals surface area contributed by atoms with Gasteiger partial charge in [-0.1, -0.05) is 65.7 Å². The Balaban J connectivity index is 2.06. The molecule has 7 nitrogen and oxygen atoms in total. The Morgan fingerprint density at radius 1 is 0.944 bits per heavy atom. The fourth-order valence-corrected chi connectivity index (χ4v) is 5.44. The lowest BCUT2D eigenvalue weighted by molar-refractivity contribution is -0.139. The molecule has 1 N–H and O–H groups in total. The second-order valence-corrected chi connectivity index (χ2v) is 10.8. The first-order valence-electron chi connectivity index (χ1n) is 11.5. The number of sulfonamides is 1. The second kappa shape index (κ2) is 11.6. The molecule has 0 heterocycles. The number of hydrogen-bond acceptors (Lipinski definition) is 4. The van der Waals surface area contributed by atoms with Gasteiger partial charge in [-0.15, -0.1) is 0 Å². The topological polar surface area (TPSA) is 86.8 Å². The summed E-state index contributed by atoms with van der Waals surface area (Å²) in [5.74, 6) is -0.877. The van der Waals surface area contributed by atoms with Gasteiger partial charge < -0.3 is 10.2 Å². The van der Waals surface area contributed by atoms with Crippen molar-refractivity contribution in [2.75, 3.05) is 17.9 Å². The molecule has 1 atom stereocenters. The van der Waals surface area contributed by atoms with Crippen LogP contribution in [0.3, 0.4) is 0 Å². The van der Waals surface area contributed by atoms with Gasteiger partial charge in [-0.05, 0) is 56.2 Å². The van der Waals surface area contributed by atoms with Crippen molar-refractivity contribution in [1.29, 1.82) is 0 Å². The van der Waals surface area contributed by atoms with E-state index in [0.29, 0.717) is 16.3 Å². The average molecular weight is 528 g/mol. The normalized spacial score (nSPS) is 12.0. The summed E-state index contributed by atoms with van der Waals surface area (Å²) in [6.45, 7) is 4.91. The number of nitrogens with zero attached hydrogens (tertiary/aromatic N) is 2. The lowest BCUT2D eigenvalue weighted by atomic mass is 10.1. The fraction of sp³-hybridized carbons (Fsp3) is 0.259. The van der Waals surface area contributed by atoms with Gasteiger partial charge in [-0.25, -0.2) is 8.42 Å². The monoisotopic (exact) mass is 527 g/mol. The van der Waals surface area contributed by atoms with Gasteiger partial charge in [0.05, 0.1) is 10.6 Å². The highest BCUT2D eigenvalue weighted by molar-refractivity contribution is 7.92. The van der Waals surface area contributed by atoms with Crippen LogP contribution in [0.5, 0.6) is 0 Å². The Hall–Kier alpha value is -3.36. The van der Waals surface area contributed by atoms with E-state index in [1.165, 1.54) is 24.1 Å². The van der Waals surface area contributed by atoms with E-state index in [4.69, 9.17) is 11.6 Å². The van der Waals surface area contributed by atoms with Crippen LogP contribution in [0.25, 0.3) is 0 Å². The third-order valence-corrected chi connectivity index (χ3v) is 8.19. The number of aryl methyl sites for hydroxylation is 1. The molecule has 9 heteroatoms. The standard InChI is InChI=1S/C27H30ClN3O4S/c1-19-13-15-22(16-14-19)17-30(21(3)27(33)29-4)26(32)18-31(25-12-8-11-24(28)20(25)2)36(34,35)23-9-6-5-7-10-23/h5-16,21H,17-18H2,1-4H3,(H,29,33)/t21-/m1/s1. The van der Waals surface area contributed by atoms with Crippen molar-refractivity contribution < 1.29 is 18.0 Å². The second-order valence-electron chi connectivity index (χ2n) is 8.51. The molecule has 0 bridgehead atoms. The Bertz CT molecular complexity index is 1330. The van der Waals surface area contributed by atoms with Gasteiger partial charge >= 0.3 is 0 Å². The molecule has 36 heavy (non-hydrogen) atoms. The van der Waals surface area contributed by atoms with Gasteiger partial charge in [0.25, 0.3) is 10.0 Å². The highest BCUT2D eigenvalue weighted by Crippen LogP contribution is 2.31. The molecular weight excluding hydrogens is 498 g/mol. The van der Waals surface area contributed by atoms with Crippen LogP contribution in [0.2, 0.25) is 5.02 Å². The van der Waals surface area contributed by atoms with Gasteiger partial charge in [-0.2, -0.15) is 0 Å². The van der Waals surface area contributed by atoms with Gasteiger partial charge in [0.15, 0.2) is 0 Å². The summed E-state index contributed by atoms with van der Waals surface area (Å²) >= 11 is 6.31. The summed E-state index contributed by atoms with van der Waals surface area (Å²) in [5, 5.41) is 2.95. The maximum absolute atomic E-state index is 13.7. The van der Waals surface area contributed by atoms with Crippen LogP contribution in [0.15, 0.2) is 77.7 Å². The highest BCUT2D eigenvalue weighted by atomic mass is 35.5. The Morgan fingerprint density at radius 2 is 1.58 bits per heavy atom. The lowest BCUT2D eigenvalue weighted by Gasteiger charge is -2.32. The number of rotatable bonds is 9. The Kier molecular flexibility index (Phi) is 8.76. The molecule has 3 aromatic rings. The molecular formula is C27H30ClN3O4S. The van der Waals surface area contributed by atoms with E-state index in [2.05, 4.69) is 5.32 Å².